The maximum atomic E-state index is 4.30. The molecule has 0 aliphatic rings. The van der Waals surface area contributed by atoms with Gasteiger partial charge in [-0.25, -0.2) is 9.97 Å². The Hall–Kier alpha value is -1.91. The summed E-state index contributed by atoms with van der Waals surface area (Å²) in [6.07, 6.45) is 4.53. The maximum absolute atomic E-state index is 4.30. The summed E-state index contributed by atoms with van der Waals surface area (Å²) in [5.74, 6) is 0.861. The van der Waals surface area contributed by atoms with Gasteiger partial charge in [0.25, 0.3) is 0 Å². The fraction of sp³-hybridized carbons (Fsp3) is 0.417. The zero-order valence-corrected chi connectivity index (χ0v) is 10.4. The smallest absolute Gasteiger partial charge is 0.129 e. The molecular formula is C12H17N5. The lowest BCUT2D eigenvalue weighted by Gasteiger charge is -2.05. The van der Waals surface area contributed by atoms with Crippen LogP contribution in [0.3, 0.4) is 0 Å². The minimum atomic E-state index is 0.736. The largest absolute Gasteiger partial charge is 0.366 e. The van der Waals surface area contributed by atoms with E-state index in [2.05, 4.69) is 27.3 Å². The highest BCUT2D eigenvalue weighted by Crippen LogP contribution is 2.09. The van der Waals surface area contributed by atoms with Crippen molar-refractivity contribution in [1.82, 2.24) is 19.7 Å². The molecule has 0 aliphatic carbocycles. The van der Waals surface area contributed by atoms with E-state index in [4.69, 9.17) is 0 Å². The fourth-order valence-electron chi connectivity index (χ4n) is 1.70. The van der Waals surface area contributed by atoms with Crippen LogP contribution >= 0.6 is 0 Å². The lowest BCUT2D eigenvalue weighted by Crippen LogP contribution is -2.03. The van der Waals surface area contributed by atoms with Crippen molar-refractivity contribution in [2.45, 2.75) is 26.8 Å². The van der Waals surface area contributed by atoms with Gasteiger partial charge in [0, 0.05) is 37.1 Å². The number of hydrogen-bond donors (Lipinski definition) is 1. The highest BCUT2D eigenvalue weighted by atomic mass is 15.3. The molecule has 0 bridgehead atoms. The maximum Gasteiger partial charge on any atom is 0.129 e. The molecule has 2 aromatic heterocycles. The van der Waals surface area contributed by atoms with E-state index in [1.807, 2.05) is 30.9 Å². The van der Waals surface area contributed by atoms with Gasteiger partial charge in [-0.2, -0.15) is 5.10 Å². The molecule has 0 fully saturated rings. The number of nitrogens with one attached hydrogen (secondary N) is 1. The minimum absolute atomic E-state index is 0.736. The summed E-state index contributed by atoms with van der Waals surface area (Å²) in [5, 5.41) is 7.59. The van der Waals surface area contributed by atoms with E-state index < -0.39 is 0 Å². The van der Waals surface area contributed by atoms with Gasteiger partial charge in [0.1, 0.15) is 12.1 Å². The van der Waals surface area contributed by atoms with E-state index >= 15 is 0 Å². The molecule has 0 atom stereocenters. The third-order valence-corrected chi connectivity index (χ3v) is 2.66. The number of aromatic nitrogens is 4. The Kier molecular flexibility index (Phi) is 3.37. The number of anilines is 1. The van der Waals surface area contributed by atoms with E-state index in [-0.39, 0.29) is 0 Å². The summed E-state index contributed by atoms with van der Waals surface area (Å²) in [6, 6.07) is 1.98. The summed E-state index contributed by atoms with van der Waals surface area (Å²) < 4.78 is 1.82. The Morgan fingerprint density at radius 3 is 2.82 bits per heavy atom. The SMILES string of the molecule is CCc1cc(NCc2cn(C)nc2C)ncn1. The van der Waals surface area contributed by atoms with Crippen molar-refractivity contribution in [3.8, 4) is 0 Å². The van der Waals surface area contributed by atoms with E-state index in [1.165, 1.54) is 5.56 Å². The Bertz CT molecular complexity index is 503. The second kappa shape index (κ2) is 4.95. The lowest BCUT2D eigenvalue weighted by atomic mass is 10.2. The highest BCUT2D eigenvalue weighted by molar-refractivity contribution is 5.36. The predicted octanol–water partition coefficient (Wildman–Crippen LogP) is 1.69. The fourth-order valence-corrected chi connectivity index (χ4v) is 1.70. The van der Waals surface area contributed by atoms with Crippen molar-refractivity contribution in [3.05, 3.63) is 35.5 Å². The zero-order chi connectivity index (χ0) is 12.3. The highest BCUT2D eigenvalue weighted by Gasteiger charge is 2.03. The molecule has 0 unspecified atom stereocenters. The summed E-state index contributed by atoms with van der Waals surface area (Å²) in [4.78, 5) is 8.36. The lowest BCUT2D eigenvalue weighted by molar-refractivity contribution is 0.756. The molecule has 0 aromatic carbocycles. The molecule has 0 radical (unpaired) electrons. The number of aryl methyl sites for hydroxylation is 3. The second-order valence-corrected chi connectivity index (χ2v) is 4.02. The van der Waals surface area contributed by atoms with Crippen LogP contribution in [0.1, 0.15) is 23.9 Å². The Balaban J connectivity index is 2.04. The molecule has 0 spiro atoms. The summed E-state index contributed by atoms with van der Waals surface area (Å²) in [5.41, 5.74) is 3.28. The van der Waals surface area contributed by atoms with Gasteiger partial charge in [0.15, 0.2) is 0 Å². The van der Waals surface area contributed by atoms with Gasteiger partial charge in [-0.15, -0.1) is 0 Å². The van der Waals surface area contributed by atoms with Gasteiger partial charge in [0.05, 0.1) is 5.69 Å². The number of nitrogens with zero attached hydrogens (tertiary/aromatic N) is 4. The van der Waals surface area contributed by atoms with Gasteiger partial charge >= 0.3 is 0 Å². The Labute approximate surface area is 101 Å². The van der Waals surface area contributed by atoms with Gasteiger partial charge < -0.3 is 5.32 Å². The van der Waals surface area contributed by atoms with E-state index in [0.29, 0.717) is 0 Å². The predicted molar refractivity (Wildman–Crippen MR) is 66.7 cm³/mol. The molecule has 5 heteroatoms. The van der Waals surface area contributed by atoms with E-state index in [1.54, 1.807) is 6.33 Å². The molecule has 0 aliphatic heterocycles. The van der Waals surface area contributed by atoms with Crippen LogP contribution in [0.25, 0.3) is 0 Å². The molecule has 5 nitrogen and oxygen atoms in total. The van der Waals surface area contributed by atoms with Crippen LogP contribution in [0.2, 0.25) is 0 Å². The molecule has 0 amide bonds. The van der Waals surface area contributed by atoms with Crippen molar-refractivity contribution >= 4 is 5.82 Å². The van der Waals surface area contributed by atoms with E-state index in [9.17, 15) is 0 Å². The van der Waals surface area contributed by atoms with Gasteiger partial charge in [-0.1, -0.05) is 6.92 Å². The third kappa shape index (κ3) is 2.81. The van der Waals surface area contributed by atoms with Crippen molar-refractivity contribution in [1.29, 1.82) is 0 Å². The summed E-state index contributed by atoms with van der Waals surface area (Å²) in [7, 11) is 1.93. The quantitative estimate of drug-likeness (QED) is 0.870. The molecule has 90 valence electrons. The third-order valence-electron chi connectivity index (χ3n) is 2.66. The van der Waals surface area contributed by atoms with Crippen LogP contribution in [0, 0.1) is 6.92 Å². The van der Waals surface area contributed by atoms with Crippen molar-refractivity contribution in [3.63, 3.8) is 0 Å². The van der Waals surface area contributed by atoms with Crippen LogP contribution in [0.4, 0.5) is 5.82 Å². The second-order valence-electron chi connectivity index (χ2n) is 4.02. The van der Waals surface area contributed by atoms with Crippen molar-refractivity contribution in [2.24, 2.45) is 7.05 Å². The Morgan fingerprint density at radius 2 is 2.18 bits per heavy atom. The van der Waals surface area contributed by atoms with Crippen LogP contribution in [0.15, 0.2) is 18.6 Å². The van der Waals surface area contributed by atoms with Crippen LogP contribution in [-0.2, 0) is 20.0 Å². The molecule has 17 heavy (non-hydrogen) atoms. The summed E-state index contributed by atoms with van der Waals surface area (Å²) in [6.45, 7) is 4.83. The first-order valence-electron chi connectivity index (χ1n) is 5.73. The number of rotatable bonds is 4. The summed E-state index contributed by atoms with van der Waals surface area (Å²) >= 11 is 0. The molecule has 1 N–H and O–H groups in total. The standard InChI is InChI=1S/C12H17N5/c1-4-11-5-12(15-8-14-11)13-6-10-7-17(3)16-9(10)2/h5,7-8H,4,6H2,1-3H3,(H,13,14,15). The van der Waals surface area contributed by atoms with Gasteiger partial charge in [-0.05, 0) is 13.3 Å². The number of hydrogen-bond acceptors (Lipinski definition) is 4. The minimum Gasteiger partial charge on any atom is -0.366 e. The van der Waals surface area contributed by atoms with Gasteiger partial charge in [0.2, 0.25) is 0 Å². The normalized spacial score (nSPS) is 10.5. The van der Waals surface area contributed by atoms with Crippen molar-refractivity contribution < 1.29 is 0 Å². The topological polar surface area (TPSA) is 55.6 Å². The first-order chi connectivity index (χ1) is 8.19. The molecule has 2 rings (SSSR count). The van der Waals surface area contributed by atoms with Gasteiger partial charge in [-0.3, -0.25) is 4.68 Å². The van der Waals surface area contributed by atoms with Crippen LogP contribution in [-0.4, -0.2) is 19.7 Å². The average molecular weight is 231 g/mol. The Morgan fingerprint density at radius 1 is 1.35 bits per heavy atom. The average Bonchev–Trinajstić information content (AvgIpc) is 2.65. The van der Waals surface area contributed by atoms with Crippen LogP contribution < -0.4 is 5.32 Å². The molecule has 2 aromatic rings. The monoisotopic (exact) mass is 231 g/mol. The molecule has 0 saturated carbocycles. The molecule has 2 heterocycles. The zero-order valence-electron chi connectivity index (χ0n) is 10.4. The van der Waals surface area contributed by atoms with Crippen molar-refractivity contribution in [2.75, 3.05) is 5.32 Å². The molecular weight excluding hydrogens is 214 g/mol. The molecule has 0 saturated heterocycles. The first kappa shape index (κ1) is 11.6. The van der Waals surface area contributed by atoms with E-state index in [0.717, 1.165) is 30.2 Å². The first-order valence-corrected chi connectivity index (χ1v) is 5.73. The van der Waals surface area contributed by atoms with Crippen LogP contribution in [0.5, 0.6) is 0 Å².